The van der Waals surface area contributed by atoms with Crippen LogP contribution in [-0.4, -0.2) is 41.0 Å². The van der Waals surface area contributed by atoms with Gasteiger partial charge in [-0.25, -0.2) is 9.97 Å². The molecule has 0 saturated carbocycles. The number of nitrogens with two attached hydrogens (primary N) is 1. The molecule has 5 nitrogen and oxygen atoms in total. The van der Waals surface area contributed by atoms with E-state index >= 15 is 0 Å². The SMILES string of the molecule is CN1CCCC1CNc1ncc(N)cn1. The summed E-state index contributed by atoms with van der Waals surface area (Å²) in [4.78, 5) is 10.6. The third-order valence-electron chi connectivity index (χ3n) is 2.84. The van der Waals surface area contributed by atoms with Crippen LogP contribution in [0, 0.1) is 0 Å². The largest absolute Gasteiger partial charge is 0.396 e. The van der Waals surface area contributed by atoms with Crippen molar-refractivity contribution in [3.63, 3.8) is 0 Å². The van der Waals surface area contributed by atoms with Gasteiger partial charge in [-0.2, -0.15) is 0 Å². The lowest BCUT2D eigenvalue weighted by molar-refractivity contribution is 0.322. The van der Waals surface area contributed by atoms with E-state index in [1.54, 1.807) is 12.4 Å². The van der Waals surface area contributed by atoms with Gasteiger partial charge in [-0.3, -0.25) is 0 Å². The predicted molar refractivity (Wildman–Crippen MR) is 60.6 cm³/mol. The Hall–Kier alpha value is -1.36. The molecule has 1 fully saturated rings. The number of rotatable bonds is 3. The molecule has 2 heterocycles. The zero-order chi connectivity index (χ0) is 10.7. The zero-order valence-electron chi connectivity index (χ0n) is 8.98. The molecule has 82 valence electrons. The minimum atomic E-state index is 0.596. The van der Waals surface area contributed by atoms with Crippen molar-refractivity contribution in [2.45, 2.75) is 18.9 Å². The summed E-state index contributed by atoms with van der Waals surface area (Å²) >= 11 is 0. The number of likely N-dealkylation sites (N-methyl/N-ethyl adjacent to an activating group) is 1. The van der Waals surface area contributed by atoms with Gasteiger partial charge in [0, 0.05) is 12.6 Å². The summed E-state index contributed by atoms with van der Waals surface area (Å²) in [5.74, 6) is 0.657. The molecule has 0 radical (unpaired) electrons. The fourth-order valence-electron chi connectivity index (χ4n) is 1.88. The number of nitrogens with zero attached hydrogens (tertiary/aromatic N) is 3. The van der Waals surface area contributed by atoms with Crippen LogP contribution in [0.5, 0.6) is 0 Å². The summed E-state index contributed by atoms with van der Waals surface area (Å²) in [7, 11) is 2.16. The second kappa shape index (κ2) is 4.44. The highest BCUT2D eigenvalue weighted by molar-refractivity contribution is 5.35. The molecule has 0 aromatic carbocycles. The Morgan fingerprint density at radius 1 is 1.53 bits per heavy atom. The molecule has 0 amide bonds. The first-order chi connectivity index (χ1) is 7.25. The maximum atomic E-state index is 5.51. The summed E-state index contributed by atoms with van der Waals surface area (Å²) in [5.41, 5.74) is 6.10. The lowest BCUT2D eigenvalue weighted by Gasteiger charge is -2.19. The van der Waals surface area contributed by atoms with Crippen molar-refractivity contribution in [1.29, 1.82) is 0 Å². The van der Waals surface area contributed by atoms with E-state index in [4.69, 9.17) is 5.73 Å². The summed E-state index contributed by atoms with van der Waals surface area (Å²) < 4.78 is 0. The van der Waals surface area contributed by atoms with E-state index < -0.39 is 0 Å². The van der Waals surface area contributed by atoms with Gasteiger partial charge in [0.15, 0.2) is 0 Å². The molecule has 1 aliphatic rings. The summed E-state index contributed by atoms with van der Waals surface area (Å²) in [6.45, 7) is 2.09. The topological polar surface area (TPSA) is 67.1 Å². The molecule has 1 atom stereocenters. The standard InChI is InChI=1S/C10H17N5/c1-15-4-2-3-9(15)7-14-10-12-5-8(11)6-13-10/h5-6,9H,2-4,7,11H2,1H3,(H,12,13,14). The average molecular weight is 207 g/mol. The zero-order valence-corrected chi connectivity index (χ0v) is 8.98. The molecular weight excluding hydrogens is 190 g/mol. The molecule has 3 N–H and O–H groups in total. The number of hydrogen-bond acceptors (Lipinski definition) is 5. The molecule has 1 aromatic rings. The highest BCUT2D eigenvalue weighted by atomic mass is 15.2. The molecule has 0 bridgehead atoms. The Kier molecular flexibility index (Phi) is 3.01. The third-order valence-corrected chi connectivity index (χ3v) is 2.84. The van der Waals surface area contributed by atoms with Crippen LogP contribution < -0.4 is 11.1 Å². The molecule has 1 aromatic heterocycles. The van der Waals surface area contributed by atoms with Crippen molar-refractivity contribution in [2.75, 3.05) is 31.2 Å². The summed E-state index contributed by atoms with van der Waals surface area (Å²) in [6, 6.07) is 0.603. The number of likely N-dealkylation sites (tertiary alicyclic amines) is 1. The van der Waals surface area contributed by atoms with Crippen LogP contribution in [0.3, 0.4) is 0 Å². The van der Waals surface area contributed by atoms with Gasteiger partial charge < -0.3 is 16.0 Å². The molecule has 1 unspecified atom stereocenters. The van der Waals surface area contributed by atoms with Gasteiger partial charge in [0.25, 0.3) is 0 Å². The molecule has 1 saturated heterocycles. The van der Waals surface area contributed by atoms with Crippen LogP contribution in [0.2, 0.25) is 0 Å². The normalized spacial score (nSPS) is 21.8. The van der Waals surface area contributed by atoms with Gasteiger partial charge in [-0.1, -0.05) is 0 Å². The van der Waals surface area contributed by atoms with Crippen molar-refractivity contribution >= 4 is 11.6 Å². The van der Waals surface area contributed by atoms with Gasteiger partial charge in [0.1, 0.15) is 0 Å². The average Bonchev–Trinajstić information content (AvgIpc) is 2.63. The van der Waals surface area contributed by atoms with Gasteiger partial charge >= 0.3 is 0 Å². The van der Waals surface area contributed by atoms with E-state index in [2.05, 4.69) is 27.2 Å². The van der Waals surface area contributed by atoms with Gasteiger partial charge in [0.05, 0.1) is 18.1 Å². The van der Waals surface area contributed by atoms with Crippen LogP contribution >= 0.6 is 0 Å². The maximum absolute atomic E-state index is 5.51. The second-order valence-corrected chi connectivity index (χ2v) is 4.00. The van der Waals surface area contributed by atoms with Gasteiger partial charge in [-0.15, -0.1) is 0 Å². The first kappa shape index (κ1) is 10.2. The van der Waals surface area contributed by atoms with Crippen molar-refractivity contribution in [3.8, 4) is 0 Å². The van der Waals surface area contributed by atoms with E-state index in [-0.39, 0.29) is 0 Å². The lowest BCUT2D eigenvalue weighted by Crippen LogP contribution is -2.31. The van der Waals surface area contributed by atoms with E-state index in [0.29, 0.717) is 17.7 Å². The molecule has 15 heavy (non-hydrogen) atoms. The Balaban J connectivity index is 1.85. The van der Waals surface area contributed by atoms with Crippen molar-refractivity contribution in [3.05, 3.63) is 12.4 Å². The molecular formula is C10H17N5. The molecule has 0 spiro atoms. The van der Waals surface area contributed by atoms with Crippen molar-refractivity contribution in [1.82, 2.24) is 14.9 Å². The fourth-order valence-corrected chi connectivity index (χ4v) is 1.88. The number of aromatic nitrogens is 2. The molecule has 2 rings (SSSR count). The quantitative estimate of drug-likeness (QED) is 0.758. The number of anilines is 2. The number of nitrogens with one attached hydrogen (secondary N) is 1. The molecule has 1 aliphatic heterocycles. The first-order valence-corrected chi connectivity index (χ1v) is 5.27. The fraction of sp³-hybridized carbons (Fsp3) is 0.600. The monoisotopic (exact) mass is 207 g/mol. The van der Waals surface area contributed by atoms with E-state index in [1.165, 1.54) is 19.4 Å². The van der Waals surface area contributed by atoms with E-state index in [9.17, 15) is 0 Å². The van der Waals surface area contributed by atoms with E-state index in [1.807, 2.05) is 0 Å². The highest BCUT2D eigenvalue weighted by Gasteiger charge is 2.20. The minimum Gasteiger partial charge on any atom is -0.396 e. The van der Waals surface area contributed by atoms with Crippen molar-refractivity contribution < 1.29 is 0 Å². The van der Waals surface area contributed by atoms with Gasteiger partial charge in [0.2, 0.25) is 5.95 Å². The summed E-state index contributed by atoms with van der Waals surface area (Å²) in [6.07, 6.45) is 5.77. The Labute approximate surface area is 89.7 Å². The summed E-state index contributed by atoms with van der Waals surface area (Å²) in [5, 5.41) is 3.22. The Bertz CT molecular complexity index is 310. The highest BCUT2D eigenvalue weighted by Crippen LogP contribution is 2.14. The van der Waals surface area contributed by atoms with Gasteiger partial charge in [-0.05, 0) is 26.4 Å². The second-order valence-electron chi connectivity index (χ2n) is 4.00. The van der Waals surface area contributed by atoms with Crippen LogP contribution in [0.4, 0.5) is 11.6 Å². The third kappa shape index (κ3) is 2.56. The number of hydrogen-bond donors (Lipinski definition) is 2. The number of nitrogen functional groups attached to an aromatic ring is 1. The lowest BCUT2D eigenvalue weighted by atomic mass is 10.2. The van der Waals surface area contributed by atoms with Crippen LogP contribution in [0.25, 0.3) is 0 Å². The molecule has 0 aliphatic carbocycles. The Morgan fingerprint density at radius 2 is 2.27 bits per heavy atom. The van der Waals surface area contributed by atoms with Crippen LogP contribution in [0.15, 0.2) is 12.4 Å². The van der Waals surface area contributed by atoms with E-state index in [0.717, 1.165) is 6.54 Å². The molecule has 5 heteroatoms. The first-order valence-electron chi connectivity index (χ1n) is 5.27. The Morgan fingerprint density at radius 3 is 2.87 bits per heavy atom. The van der Waals surface area contributed by atoms with Crippen molar-refractivity contribution in [2.24, 2.45) is 0 Å². The van der Waals surface area contributed by atoms with Crippen LogP contribution in [0.1, 0.15) is 12.8 Å². The predicted octanol–water partition coefficient (Wildman–Crippen LogP) is 0.565. The minimum absolute atomic E-state index is 0.596. The smallest absolute Gasteiger partial charge is 0.222 e. The maximum Gasteiger partial charge on any atom is 0.222 e. The van der Waals surface area contributed by atoms with Crippen LogP contribution in [-0.2, 0) is 0 Å².